The molecule has 1 aliphatic heterocycles. The average Bonchev–Trinajstić information content (AvgIpc) is 3.11. The maximum absolute atomic E-state index is 12.5. The van der Waals surface area contributed by atoms with Crippen LogP contribution in [0.15, 0.2) is 42.7 Å². The lowest BCUT2D eigenvalue weighted by molar-refractivity contribution is -0.148. The third-order valence-corrected chi connectivity index (χ3v) is 4.60. The first-order valence-corrected chi connectivity index (χ1v) is 8.07. The molecule has 1 aliphatic rings. The average molecular weight is 313 g/mol. The molecule has 23 heavy (non-hydrogen) atoms. The first-order chi connectivity index (χ1) is 11.2. The van der Waals surface area contributed by atoms with Crippen LogP contribution >= 0.6 is 0 Å². The number of nitrogens with zero attached hydrogens (tertiary/aromatic N) is 3. The molecular weight excluding hydrogens is 290 g/mol. The highest BCUT2D eigenvalue weighted by Crippen LogP contribution is 2.31. The summed E-state index contributed by atoms with van der Waals surface area (Å²) in [4.78, 5) is 14.7. The number of hydrogen-bond donors (Lipinski definition) is 0. The topological polar surface area (TPSA) is 47.4 Å². The monoisotopic (exact) mass is 313 g/mol. The second kappa shape index (κ2) is 6.96. The van der Waals surface area contributed by atoms with Crippen molar-refractivity contribution in [2.24, 2.45) is 0 Å². The van der Waals surface area contributed by atoms with Crippen LogP contribution < -0.4 is 0 Å². The largest absolute Gasteiger partial charge is 0.468 e. The van der Waals surface area contributed by atoms with Crippen LogP contribution in [-0.4, -0.2) is 40.8 Å². The van der Waals surface area contributed by atoms with Crippen molar-refractivity contribution in [3.8, 4) is 0 Å². The van der Waals surface area contributed by atoms with E-state index in [0.717, 1.165) is 37.1 Å². The predicted octanol–water partition coefficient (Wildman–Crippen LogP) is 2.74. The summed E-state index contributed by atoms with van der Waals surface area (Å²) in [5, 5.41) is 4.36. The molecule has 0 N–H and O–H groups in total. The summed E-state index contributed by atoms with van der Waals surface area (Å²) in [6, 6.07) is 9.94. The van der Waals surface area contributed by atoms with Crippen molar-refractivity contribution in [1.82, 2.24) is 14.7 Å². The summed E-state index contributed by atoms with van der Waals surface area (Å²) in [5.74, 6) is -0.194. The van der Waals surface area contributed by atoms with E-state index in [9.17, 15) is 4.79 Å². The van der Waals surface area contributed by atoms with Crippen LogP contribution in [-0.2, 0) is 9.53 Å². The second-order valence-corrected chi connectivity index (χ2v) is 6.06. The third kappa shape index (κ3) is 3.29. The lowest BCUT2D eigenvalue weighted by Crippen LogP contribution is -2.42. The summed E-state index contributed by atoms with van der Waals surface area (Å²) in [6.07, 6.45) is 5.93. The molecule has 1 aromatic carbocycles. The highest BCUT2D eigenvalue weighted by atomic mass is 16.5. The number of carbonyl (C=O) groups excluding carboxylic acids is 1. The Morgan fingerprint density at radius 1 is 1.35 bits per heavy atom. The van der Waals surface area contributed by atoms with Crippen LogP contribution in [0.25, 0.3) is 0 Å². The fourth-order valence-corrected chi connectivity index (χ4v) is 3.41. The lowest BCUT2D eigenvalue weighted by atomic mass is 9.96. The van der Waals surface area contributed by atoms with Gasteiger partial charge in [0.15, 0.2) is 0 Å². The molecule has 0 bridgehead atoms. The minimum atomic E-state index is -0.348. The van der Waals surface area contributed by atoms with Gasteiger partial charge in [0.25, 0.3) is 0 Å². The summed E-state index contributed by atoms with van der Waals surface area (Å²) >= 11 is 0. The third-order valence-electron chi connectivity index (χ3n) is 4.60. The van der Waals surface area contributed by atoms with Crippen LogP contribution in [0.5, 0.6) is 0 Å². The van der Waals surface area contributed by atoms with E-state index in [2.05, 4.69) is 10.00 Å². The molecule has 0 radical (unpaired) electrons. The molecule has 1 saturated heterocycles. The van der Waals surface area contributed by atoms with E-state index >= 15 is 0 Å². The summed E-state index contributed by atoms with van der Waals surface area (Å²) in [7, 11) is 1.46. The highest BCUT2D eigenvalue weighted by molar-refractivity contribution is 5.78. The van der Waals surface area contributed by atoms with Gasteiger partial charge in [0.1, 0.15) is 6.04 Å². The maximum Gasteiger partial charge on any atom is 0.327 e. The van der Waals surface area contributed by atoms with Crippen LogP contribution in [0.2, 0.25) is 0 Å². The molecule has 0 unspecified atom stereocenters. The number of likely N-dealkylation sites (tertiary alicyclic amines) is 1. The normalized spacial score (nSPS) is 20.2. The van der Waals surface area contributed by atoms with E-state index in [1.165, 1.54) is 7.11 Å². The summed E-state index contributed by atoms with van der Waals surface area (Å²) in [6.45, 7) is 3.74. The molecule has 0 aliphatic carbocycles. The lowest BCUT2D eigenvalue weighted by Gasteiger charge is -2.37. The number of methoxy groups -OCH3 is 1. The van der Waals surface area contributed by atoms with E-state index in [1.807, 2.05) is 48.1 Å². The Bertz CT molecular complexity index is 654. The Hall–Kier alpha value is -2.14. The molecule has 0 spiro atoms. The molecule has 0 amide bonds. The molecule has 2 heterocycles. The number of ether oxygens (including phenoxy) is 1. The number of hydrogen-bond acceptors (Lipinski definition) is 4. The van der Waals surface area contributed by atoms with Crippen molar-refractivity contribution in [3.05, 3.63) is 53.9 Å². The predicted molar refractivity (Wildman–Crippen MR) is 88.0 cm³/mol. The van der Waals surface area contributed by atoms with Gasteiger partial charge in [-0.25, -0.2) is 4.79 Å². The van der Waals surface area contributed by atoms with Gasteiger partial charge >= 0.3 is 5.97 Å². The van der Waals surface area contributed by atoms with Gasteiger partial charge in [-0.1, -0.05) is 24.3 Å². The van der Waals surface area contributed by atoms with Crippen molar-refractivity contribution in [1.29, 1.82) is 0 Å². The number of benzene rings is 1. The molecule has 1 aromatic heterocycles. The van der Waals surface area contributed by atoms with Gasteiger partial charge in [-0.3, -0.25) is 9.58 Å². The van der Waals surface area contributed by atoms with Crippen LogP contribution in [0.4, 0.5) is 0 Å². The molecule has 5 nitrogen and oxygen atoms in total. The number of aryl methyl sites for hydroxylation is 1. The van der Waals surface area contributed by atoms with Gasteiger partial charge < -0.3 is 4.74 Å². The molecule has 0 saturated carbocycles. The fourth-order valence-electron chi connectivity index (χ4n) is 3.41. The quantitative estimate of drug-likeness (QED) is 0.814. The smallest absolute Gasteiger partial charge is 0.327 e. The Morgan fingerprint density at radius 3 is 2.87 bits per heavy atom. The Morgan fingerprint density at radius 2 is 2.17 bits per heavy atom. The van der Waals surface area contributed by atoms with Crippen LogP contribution in [0.1, 0.15) is 36.1 Å². The van der Waals surface area contributed by atoms with Gasteiger partial charge in [-0.15, -0.1) is 0 Å². The van der Waals surface area contributed by atoms with Crippen molar-refractivity contribution in [2.45, 2.75) is 31.8 Å². The summed E-state index contributed by atoms with van der Waals surface area (Å²) in [5.41, 5.74) is 2.14. The van der Waals surface area contributed by atoms with Crippen molar-refractivity contribution in [2.75, 3.05) is 20.2 Å². The van der Waals surface area contributed by atoms with E-state index < -0.39 is 0 Å². The minimum Gasteiger partial charge on any atom is -0.468 e. The molecule has 2 aromatic rings. The van der Waals surface area contributed by atoms with Crippen molar-refractivity contribution in [3.63, 3.8) is 0 Å². The van der Waals surface area contributed by atoms with E-state index in [-0.39, 0.29) is 12.0 Å². The van der Waals surface area contributed by atoms with E-state index in [1.54, 1.807) is 6.20 Å². The van der Waals surface area contributed by atoms with Crippen molar-refractivity contribution < 1.29 is 9.53 Å². The number of esters is 1. The Kier molecular flexibility index (Phi) is 4.76. The number of aromatic nitrogens is 2. The minimum absolute atomic E-state index is 0.194. The highest BCUT2D eigenvalue weighted by Gasteiger charge is 2.33. The maximum atomic E-state index is 12.5. The van der Waals surface area contributed by atoms with E-state index in [4.69, 9.17) is 4.74 Å². The molecule has 5 heteroatoms. The molecule has 122 valence electrons. The zero-order chi connectivity index (χ0) is 16.2. The summed E-state index contributed by atoms with van der Waals surface area (Å²) < 4.78 is 7.10. The van der Waals surface area contributed by atoms with Crippen LogP contribution in [0, 0.1) is 6.92 Å². The Labute approximate surface area is 136 Å². The first kappa shape index (κ1) is 15.7. The molecule has 3 rings (SSSR count). The van der Waals surface area contributed by atoms with Gasteiger partial charge in [0.2, 0.25) is 0 Å². The second-order valence-electron chi connectivity index (χ2n) is 6.06. The number of rotatable bonds is 4. The number of carbonyl (C=O) groups is 1. The van der Waals surface area contributed by atoms with E-state index in [0.29, 0.717) is 6.04 Å². The van der Waals surface area contributed by atoms with Gasteiger partial charge in [-0.2, -0.15) is 5.10 Å². The first-order valence-electron chi connectivity index (χ1n) is 8.07. The Balaban J connectivity index is 1.88. The molecular formula is C18H23N3O2. The standard InChI is InChI=1S/C18H23N3O2/c1-14-7-3-4-9-16(14)17(18(22)23-2)20-11-5-8-15(13-20)21-12-6-10-19-21/h3-4,6-7,9-10,12,15,17H,5,8,11,13H2,1-2H3/t15-,17-/m0/s1. The molecule has 1 fully saturated rings. The van der Waals surface area contributed by atoms with Gasteiger partial charge in [0.05, 0.1) is 13.2 Å². The van der Waals surface area contributed by atoms with Crippen molar-refractivity contribution >= 4 is 5.97 Å². The van der Waals surface area contributed by atoms with Crippen LogP contribution in [0.3, 0.4) is 0 Å². The SMILES string of the molecule is COC(=O)[C@H](c1ccccc1C)N1CCC[C@H](n2cccn2)C1. The van der Waals surface area contributed by atoms with Gasteiger partial charge in [-0.05, 0) is 43.5 Å². The zero-order valence-electron chi connectivity index (χ0n) is 13.7. The zero-order valence-corrected chi connectivity index (χ0v) is 13.7. The van der Waals surface area contributed by atoms with Gasteiger partial charge in [0, 0.05) is 18.9 Å². The molecule has 2 atom stereocenters. The number of piperidine rings is 1. The fraction of sp³-hybridized carbons (Fsp3) is 0.444.